The number of amides is 1. The van der Waals surface area contributed by atoms with Gasteiger partial charge in [0.25, 0.3) is 10.0 Å². The summed E-state index contributed by atoms with van der Waals surface area (Å²) in [6, 6.07) is 4.78. The van der Waals surface area contributed by atoms with E-state index in [2.05, 4.69) is 10.5 Å². The van der Waals surface area contributed by atoms with Crippen molar-refractivity contribution in [2.24, 2.45) is 0 Å². The predicted molar refractivity (Wildman–Crippen MR) is 84.4 cm³/mol. The molecule has 3 rings (SSSR count). The van der Waals surface area contributed by atoms with Gasteiger partial charge in [0.2, 0.25) is 5.91 Å². The number of carbonyl (C=O) groups is 1. The van der Waals surface area contributed by atoms with E-state index < -0.39 is 10.0 Å². The number of aromatic nitrogens is 1. The topological polar surface area (TPSA) is 92.5 Å². The highest BCUT2D eigenvalue weighted by molar-refractivity contribution is 7.91. The van der Waals surface area contributed by atoms with E-state index in [1.807, 2.05) is 0 Å². The number of carbonyl (C=O) groups excluding carboxylic acids is 1. The van der Waals surface area contributed by atoms with Crippen molar-refractivity contribution in [1.29, 1.82) is 0 Å². The van der Waals surface area contributed by atoms with E-state index in [0.717, 1.165) is 12.8 Å². The molecule has 1 aliphatic heterocycles. The number of nitrogens with one attached hydrogen (secondary N) is 1. The van der Waals surface area contributed by atoms with Crippen LogP contribution in [0.4, 0.5) is 0 Å². The average molecular weight is 355 g/mol. The van der Waals surface area contributed by atoms with Gasteiger partial charge >= 0.3 is 0 Å². The van der Waals surface area contributed by atoms with Crippen LogP contribution < -0.4 is 5.32 Å². The third-order valence-electron chi connectivity index (χ3n) is 3.67. The van der Waals surface area contributed by atoms with E-state index in [1.54, 1.807) is 23.6 Å². The van der Waals surface area contributed by atoms with Crippen molar-refractivity contribution in [3.8, 4) is 0 Å². The summed E-state index contributed by atoms with van der Waals surface area (Å²) in [6.07, 6.45) is 3.03. The molecule has 0 saturated carbocycles. The smallest absolute Gasteiger partial charge is 0.252 e. The molecule has 0 bridgehead atoms. The van der Waals surface area contributed by atoms with E-state index in [0.29, 0.717) is 23.0 Å². The third kappa shape index (κ3) is 3.80. The number of piperidine rings is 1. The third-order valence-corrected chi connectivity index (χ3v) is 6.91. The minimum Gasteiger partial charge on any atom is -0.364 e. The molecule has 0 spiro atoms. The zero-order chi connectivity index (χ0) is 16.3. The summed E-state index contributed by atoms with van der Waals surface area (Å²) in [5, 5.41) is 8.32. The second-order valence-corrected chi connectivity index (χ2v) is 8.48. The number of rotatable bonds is 5. The maximum absolute atomic E-state index is 12.5. The Morgan fingerprint density at radius 3 is 3.04 bits per heavy atom. The zero-order valence-corrected chi connectivity index (χ0v) is 14.0. The van der Waals surface area contributed by atoms with Gasteiger partial charge in [0.05, 0.1) is 12.1 Å². The second kappa shape index (κ2) is 6.81. The predicted octanol–water partition coefficient (Wildman–Crippen LogP) is 1.25. The summed E-state index contributed by atoms with van der Waals surface area (Å²) >= 11 is 1.21. The minimum absolute atomic E-state index is 0.130. The Hall–Kier alpha value is -1.71. The van der Waals surface area contributed by atoms with Crippen molar-refractivity contribution in [3.05, 3.63) is 35.5 Å². The van der Waals surface area contributed by atoms with Crippen LogP contribution in [0.3, 0.4) is 0 Å². The first-order valence-electron chi connectivity index (χ1n) is 7.28. The molecule has 2 aromatic heterocycles. The summed E-state index contributed by atoms with van der Waals surface area (Å²) in [4.78, 5) is 12.0. The van der Waals surface area contributed by atoms with Crippen LogP contribution in [0.25, 0.3) is 0 Å². The fourth-order valence-electron chi connectivity index (χ4n) is 2.59. The van der Waals surface area contributed by atoms with Crippen LogP contribution in [0.2, 0.25) is 0 Å². The Balaban J connectivity index is 1.61. The van der Waals surface area contributed by atoms with E-state index in [4.69, 9.17) is 4.52 Å². The highest BCUT2D eigenvalue weighted by atomic mass is 32.2. The van der Waals surface area contributed by atoms with Crippen LogP contribution in [0.5, 0.6) is 0 Å². The molecule has 23 heavy (non-hydrogen) atoms. The first kappa shape index (κ1) is 16.2. The molecule has 1 amide bonds. The monoisotopic (exact) mass is 355 g/mol. The summed E-state index contributed by atoms with van der Waals surface area (Å²) < 4.78 is 31.6. The van der Waals surface area contributed by atoms with Crippen molar-refractivity contribution in [2.75, 3.05) is 13.1 Å². The number of sulfonamides is 1. The summed E-state index contributed by atoms with van der Waals surface area (Å²) in [5.41, 5.74) is 0.557. The standard InChI is InChI=1S/C14H17N3O4S2/c18-13(9-11-5-7-21-16-11)15-12-3-1-6-17(10-12)23(19,20)14-4-2-8-22-14/h2,4-5,7-8,12H,1,3,6,9-10H2,(H,15,18)/t12-/m1/s1. The lowest BCUT2D eigenvalue weighted by Gasteiger charge is -2.31. The van der Waals surface area contributed by atoms with Crippen LogP contribution >= 0.6 is 11.3 Å². The number of nitrogens with zero attached hydrogens (tertiary/aromatic N) is 2. The van der Waals surface area contributed by atoms with Gasteiger partial charge in [-0.2, -0.15) is 4.31 Å². The molecule has 1 fully saturated rings. The lowest BCUT2D eigenvalue weighted by Crippen LogP contribution is -2.49. The highest BCUT2D eigenvalue weighted by Crippen LogP contribution is 2.24. The molecule has 0 aliphatic carbocycles. The zero-order valence-electron chi connectivity index (χ0n) is 12.3. The van der Waals surface area contributed by atoms with E-state index >= 15 is 0 Å². The summed E-state index contributed by atoms with van der Waals surface area (Å²) in [7, 11) is -3.46. The Morgan fingerprint density at radius 1 is 1.48 bits per heavy atom. The average Bonchev–Trinajstić information content (AvgIpc) is 3.20. The van der Waals surface area contributed by atoms with Crippen LogP contribution in [-0.2, 0) is 21.2 Å². The van der Waals surface area contributed by atoms with Crippen molar-refractivity contribution in [2.45, 2.75) is 29.5 Å². The number of hydrogen-bond donors (Lipinski definition) is 1. The van der Waals surface area contributed by atoms with E-state index in [9.17, 15) is 13.2 Å². The molecule has 1 saturated heterocycles. The normalized spacial score (nSPS) is 19.6. The largest absolute Gasteiger partial charge is 0.364 e. The molecule has 1 N–H and O–H groups in total. The highest BCUT2D eigenvalue weighted by Gasteiger charge is 2.31. The number of hydrogen-bond acceptors (Lipinski definition) is 6. The molecular weight excluding hydrogens is 338 g/mol. The molecule has 9 heteroatoms. The van der Waals surface area contributed by atoms with Crippen molar-refractivity contribution in [1.82, 2.24) is 14.8 Å². The first-order valence-corrected chi connectivity index (χ1v) is 9.60. The molecule has 0 radical (unpaired) electrons. The van der Waals surface area contributed by atoms with Gasteiger partial charge in [0.15, 0.2) is 0 Å². The van der Waals surface area contributed by atoms with E-state index in [1.165, 1.54) is 21.9 Å². The molecule has 0 unspecified atom stereocenters. The Kier molecular flexibility index (Phi) is 4.79. The SMILES string of the molecule is O=C(Cc1ccon1)N[C@@H]1CCCN(S(=O)(=O)c2cccs2)C1. The maximum atomic E-state index is 12.5. The van der Waals surface area contributed by atoms with Gasteiger partial charge in [0, 0.05) is 25.2 Å². The van der Waals surface area contributed by atoms with Gasteiger partial charge in [0.1, 0.15) is 10.5 Å². The molecule has 3 heterocycles. The summed E-state index contributed by atoms with van der Waals surface area (Å²) in [5.74, 6) is -0.181. The second-order valence-electron chi connectivity index (χ2n) is 5.37. The Bertz CT molecular complexity index is 741. The molecule has 7 nitrogen and oxygen atoms in total. The van der Waals surface area contributed by atoms with Gasteiger partial charge in [-0.1, -0.05) is 11.2 Å². The Morgan fingerprint density at radius 2 is 2.35 bits per heavy atom. The Labute approximate surface area is 138 Å². The van der Waals surface area contributed by atoms with Gasteiger partial charge in [-0.15, -0.1) is 11.3 Å². The van der Waals surface area contributed by atoms with E-state index in [-0.39, 0.29) is 18.4 Å². The fraction of sp³-hybridized carbons (Fsp3) is 0.429. The van der Waals surface area contributed by atoms with Gasteiger partial charge in [-0.05, 0) is 24.3 Å². The number of thiophene rings is 1. The molecule has 1 atom stereocenters. The van der Waals surface area contributed by atoms with Gasteiger partial charge in [-0.3, -0.25) is 4.79 Å². The maximum Gasteiger partial charge on any atom is 0.252 e. The molecular formula is C14H17N3O4S2. The van der Waals surface area contributed by atoms with Crippen LogP contribution in [0.1, 0.15) is 18.5 Å². The quantitative estimate of drug-likeness (QED) is 0.871. The van der Waals surface area contributed by atoms with Crippen molar-refractivity contribution >= 4 is 27.3 Å². The van der Waals surface area contributed by atoms with Crippen LogP contribution in [-0.4, -0.2) is 42.9 Å². The molecule has 2 aromatic rings. The molecule has 124 valence electrons. The van der Waals surface area contributed by atoms with Crippen LogP contribution in [0.15, 0.2) is 38.6 Å². The molecule has 1 aliphatic rings. The fourth-order valence-corrected chi connectivity index (χ4v) is 5.26. The first-order chi connectivity index (χ1) is 11.1. The lowest BCUT2D eigenvalue weighted by molar-refractivity contribution is -0.121. The lowest BCUT2D eigenvalue weighted by atomic mass is 10.1. The van der Waals surface area contributed by atoms with Gasteiger partial charge < -0.3 is 9.84 Å². The summed E-state index contributed by atoms with van der Waals surface area (Å²) in [6.45, 7) is 0.778. The minimum atomic E-state index is -3.46. The van der Waals surface area contributed by atoms with Crippen molar-refractivity contribution in [3.63, 3.8) is 0 Å². The van der Waals surface area contributed by atoms with Gasteiger partial charge in [-0.25, -0.2) is 8.42 Å². The molecule has 0 aromatic carbocycles. The van der Waals surface area contributed by atoms with Crippen molar-refractivity contribution < 1.29 is 17.7 Å². The van der Waals surface area contributed by atoms with Crippen LogP contribution in [0, 0.1) is 0 Å².